The molecule has 1 aliphatic rings. The lowest BCUT2D eigenvalue weighted by Gasteiger charge is -2.18. The molecule has 3 aromatic heterocycles. The van der Waals surface area contributed by atoms with Gasteiger partial charge in [0.25, 0.3) is 5.91 Å². The minimum Gasteiger partial charge on any atom is -0.316 e. The van der Waals surface area contributed by atoms with Crippen molar-refractivity contribution in [3.63, 3.8) is 0 Å². The Balaban J connectivity index is 1.56. The summed E-state index contributed by atoms with van der Waals surface area (Å²) >= 11 is 0. The van der Waals surface area contributed by atoms with Gasteiger partial charge in [-0.15, -0.1) is 0 Å². The molecule has 10 nitrogen and oxygen atoms in total. The number of carbonyl (C=O) groups excluding carboxylic acids is 2. The van der Waals surface area contributed by atoms with Gasteiger partial charge in [-0.3, -0.25) is 19.2 Å². The van der Waals surface area contributed by atoms with E-state index in [2.05, 4.69) is 25.8 Å². The van der Waals surface area contributed by atoms with E-state index in [0.29, 0.717) is 30.4 Å². The number of hydrogen-bond acceptors (Lipinski definition) is 6. The number of amides is 2. The minimum atomic E-state index is -0.440. The molecule has 31 heavy (non-hydrogen) atoms. The molecule has 0 spiro atoms. The van der Waals surface area contributed by atoms with Crippen LogP contribution in [0.25, 0.3) is 5.82 Å². The SMILES string of the molecule is CNCc1cnn(-c2cccc(C(=O)Nc3cn(C)nc3N3CCC(C)(C)C3=O)n2)c1. The van der Waals surface area contributed by atoms with E-state index in [1.54, 1.807) is 51.9 Å². The van der Waals surface area contributed by atoms with Gasteiger partial charge in [0, 0.05) is 37.3 Å². The van der Waals surface area contributed by atoms with Gasteiger partial charge < -0.3 is 10.6 Å². The summed E-state index contributed by atoms with van der Waals surface area (Å²) in [6.07, 6.45) is 6.04. The Bertz CT molecular complexity index is 1130. The average molecular weight is 422 g/mol. The van der Waals surface area contributed by atoms with Crippen molar-refractivity contribution < 1.29 is 9.59 Å². The van der Waals surface area contributed by atoms with Gasteiger partial charge in [-0.2, -0.15) is 10.2 Å². The van der Waals surface area contributed by atoms with Crippen LogP contribution in [0.5, 0.6) is 0 Å². The number of nitrogens with one attached hydrogen (secondary N) is 2. The Hall–Kier alpha value is -3.53. The van der Waals surface area contributed by atoms with Crippen LogP contribution in [0.15, 0.2) is 36.8 Å². The minimum absolute atomic E-state index is 0.00197. The van der Waals surface area contributed by atoms with Crippen LogP contribution < -0.4 is 15.5 Å². The molecule has 1 aliphatic heterocycles. The van der Waals surface area contributed by atoms with Gasteiger partial charge in [0.1, 0.15) is 11.4 Å². The number of aromatic nitrogens is 5. The van der Waals surface area contributed by atoms with Gasteiger partial charge in [0.15, 0.2) is 11.6 Å². The van der Waals surface area contributed by atoms with Crippen molar-refractivity contribution in [1.29, 1.82) is 0 Å². The lowest BCUT2D eigenvalue weighted by Crippen LogP contribution is -2.32. The van der Waals surface area contributed by atoms with Crippen molar-refractivity contribution in [1.82, 2.24) is 29.9 Å². The van der Waals surface area contributed by atoms with Crippen molar-refractivity contribution in [2.24, 2.45) is 12.5 Å². The Morgan fingerprint density at radius 2 is 2.06 bits per heavy atom. The molecule has 2 N–H and O–H groups in total. The van der Waals surface area contributed by atoms with E-state index in [4.69, 9.17) is 0 Å². The van der Waals surface area contributed by atoms with E-state index < -0.39 is 5.41 Å². The number of nitrogens with zero attached hydrogens (tertiary/aromatic N) is 6. The zero-order valence-electron chi connectivity index (χ0n) is 18.1. The topological polar surface area (TPSA) is 110 Å². The Labute approximate surface area is 180 Å². The highest BCUT2D eigenvalue weighted by molar-refractivity contribution is 6.07. The summed E-state index contributed by atoms with van der Waals surface area (Å²) in [5.41, 5.74) is 1.29. The molecule has 4 heterocycles. The molecule has 1 saturated heterocycles. The molecule has 0 radical (unpaired) electrons. The first-order chi connectivity index (χ1) is 14.8. The smallest absolute Gasteiger partial charge is 0.274 e. The number of carbonyl (C=O) groups is 2. The fraction of sp³-hybridized carbons (Fsp3) is 0.381. The van der Waals surface area contributed by atoms with Crippen LogP contribution >= 0.6 is 0 Å². The van der Waals surface area contributed by atoms with Gasteiger partial charge in [0.2, 0.25) is 5.91 Å². The summed E-state index contributed by atoms with van der Waals surface area (Å²) in [6.45, 7) is 5.09. The summed E-state index contributed by atoms with van der Waals surface area (Å²) in [7, 11) is 3.62. The molecule has 3 aromatic rings. The van der Waals surface area contributed by atoms with Crippen LogP contribution in [-0.4, -0.2) is 50.0 Å². The van der Waals surface area contributed by atoms with Crippen molar-refractivity contribution in [3.8, 4) is 5.82 Å². The number of hydrogen-bond donors (Lipinski definition) is 2. The monoisotopic (exact) mass is 422 g/mol. The molecule has 2 amide bonds. The lowest BCUT2D eigenvalue weighted by molar-refractivity contribution is -0.124. The van der Waals surface area contributed by atoms with E-state index in [9.17, 15) is 9.59 Å². The van der Waals surface area contributed by atoms with E-state index in [-0.39, 0.29) is 17.5 Å². The molecule has 0 saturated carbocycles. The van der Waals surface area contributed by atoms with Gasteiger partial charge in [-0.05, 0) is 25.6 Å². The largest absolute Gasteiger partial charge is 0.316 e. The molecule has 10 heteroatoms. The third kappa shape index (κ3) is 4.06. The van der Waals surface area contributed by atoms with E-state index in [1.807, 2.05) is 27.1 Å². The molecule has 162 valence electrons. The quantitative estimate of drug-likeness (QED) is 0.626. The van der Waals surface area contributed by atoms with Crippen LogP contribution in [-0.2, 0) is 18.4 Å². The third-order valence-electron chi connectivity index (χ3n) is 5.32. The van der Waals surface area contributed by atoms with Crippen molar-refractivity contribution in [2.45, 2.75) is 26.8 Å². The molecule has 0 unspecified atom stereocenters. The maximum atomic E-state index is 12.9. The number of rotatable bonds is 6. The second kappa shape index (κ2) is 7.95. The first-order valence-corrected chi connectivity index (χ1v) is 10.1. The molecule has 0 atom stereocenters. The third-order valence-corrected chi connectivity index (χ3v) is 5.32. The molecular weight excluding hydrogens is 396 g/mol. The predicted octanol–water partition coefficient (Wildman–Crippen LogP) is 1.74. The fourth-order valence-corrected chi connectivity index (χ4v) is 3.58. The molecule has 0 bridgehead atoms. The molecule has 4 rings (SSSR count). The summed E-state index contributed by atoms with van der Waals surface area (Å²) < 4.78 is 3.21. The van der Waals surface area contributed by atoms with E-state index >= 15 is 0 Å². The predicted molar refractivity (Wildman–Crippen MR) is 116 cm³/mol. The van der Waals surface area contributed by atoms with Crippen LogP contribution in [0, 0.1) is 5.41 Å². The zero-order chi connectivity index (χ0) is 22.2. The highest BCUT2D eigenvalue weighted by Crippen LogP contribution is 2.36. The summed E-state index contributed by atoms with van der Waals surface area (Å²) in [6, 6.07) is 5.18. The molecule has 0 aromatic carbocycles. The number of aryl methyl sites for hydroxylation is 1. The van der Waals surface area contributed by atoms with Crippen LogP contribution in [0.2, 0.25) is 0 Å². The summed E-state index contributed by atoms with van der Waals surface area (Å²) in [5, 5.41) is 14.6. The molecule has 0 aliphatic carbocycles. The Morgan fingerprint density at radius 3 is 2.77 bits per heavy atom. The Morgan fingerprint density at radius 1 is 1.26 bits per heavy atom. The second-order valence-corrected chi connectivity index (χ2v) is 8.29. The highest BCUT2D eigenvalue weighted by Gasteiger charge is 2.41. The summed E-state index contributed by atoms with van der Waals surface area (Å²) in [5.74, 6) is 0.603. The van der Waals surface area contributed by atoms with Crippen molar-refractivity contribution >= 4 is 23.3 Å². The number of pyridine rings is 1. The first-order valence-electron chi connectivity index (χ1n) is 10.1. The zero-order valence-corrected chi connectivity index (χ0v) is 18.1. The summed E-state index contributed by atoms with van der Waals surface area (Å²) in [4.78, 5) is 31.7. The van der Waals surface area contributed by atoms with Crippen LogP contribution in [0.4, 0.5) is 11.5 Å². The van der Waals surface area contributed by atoms with Crippen LogP contribution in [0.3, 0.4) is 0 Å². The first kappa shape index (κ1) is 20.7. The van der Waals surface area contributed by atoms with Crippen molar-refractivity contribution in [3.05, 3.63) is 48.0 Å². The van der Waals surface area contributed by atoms with Gasteiger partial charge in [-0.1, -0.05) is 19.9 Å². The van der Waals surface area contributed by atoms with Gasteiger partial charge >= 0.3 is 0 Å². The fourth-order valence-electron chi connectivity index (χ4n) is 3.58. The van der Waals surface area contributed by atoms with Gasteiger partial charge in [-0.25, -0.2) is 9.67 Å². The van der Waals surface area contributed by atoms with Crippen LogP contribution in [0.1, 0.15) is 36.3 Å². The van der Waals surface area contributed by atoms with Crippen molar-refractivity contribution in [2.75, 3.05) is 23.8 Å². The maximum absolute atomic E-state index is 12.9. The van der Waals surface area contributed by atoms with E-state index in [1.165, 1.54) is 0 Å². The highest BCUT2D eigenvalue weighted by atomic mass is 16.2. The molecule has 1 fully saturated rings. The lowest BCUT2D eigenvalue weighted by atomic mass is 9.92. The van der Waals surface area contributed by atoms with E-state index in [0.717, 1.165) is 12.0 Å². The maximum Gasteiger partial charge on any atom is 0.274 e. The molecular formula is C21H26N8O2. The second-order valence-electron chi connectivity index (χ2n) is 8.29. The van der Waals surface area contributed by atoms with Gasteiger partial charge in [0.05, 0.1) is 12.4 Å². The number of anilines is 2. The average Bonchev–Trinajstić information content (AvgIpc) is 3.41. The normalized spacial score (nSPS) is 15.5. The standard InChI is InChI=1S/C21H26N8O2/c1-21(2)8-9-28(20(21)31)18-16(13-27(4)26-18)25-19(30)15-6-5-7-17(24-15)29-12-14(10-22-3)11-23-29/h5-7,11-13,22H,8-10H2,1-4H3,(H,25,30). The Kier molecular flexibility index (Phi) is 5.32.